The van der Waals surface area contributed by atoms with E-state index < -0.39 is 0 Å². The Hall–Kier alpha value is -2.74. The van der Waals surface area contributed by atoms with Crippen molar-refractivity contribution in [3.8, 4) is 5.88 Å². The summed E-state index contributed by atoms with van der Waals surface area (Å²) in [6.45, 7) is 3.02. The van der Waals surface area contributed by atoms with Crippen LogP contribution in [0.3, 0.4) is 0 Å². The van der Waals surface area contributed by atoms with E-state index in [1.165, 1.54) is 0 Å². The molecule has 1 aliphatic heterocycles. The molecule has 0 unspecified atom stereocenters. The predicted molar refractivity (Wildman–Crippen MR) is 116 cm³/mol. The van der Waals surface area contributed by atoms with Crippen molar-refractivity contribution in [3.05, 3.63) is 24.4 Å². The molecule has 0 radical (unpaired) electrons. The lowest BCUT2D eigenvalue weighted by Gasteiger charge is -2.30. The maximum atomic E-state index is 12.3. The van der Waals surface area contributed by atoms with Crippen LogP contribution in [0.2, 0.25) is 0 Å². The van der Waals surface area contributed by atoms with E-state index in [0.717, 1.165) is 55.5 Å². The second-order valence-electron chi connectivity index (χ2n) is 8.09. The number of amides is 1. The molecule has 1 saturated carbocycles. The van der Waals surface area contributed by atoms with Crippen LogP contribution in [-0.4, -0.2) is 73.6 Å². The van der Waals surface area contributed by atoms with Crippen molar-refractivity contribution in [1.82, 2.24) is 14.9 Å². The van der Waals surface area contributed by atoms with Crippen LogP contribution in [0.25, 0.3) is 10.9 Å². The van der Waals surface area contributed by atoms with Gasteiger partial charge in [-0.1, -0.05) is 0 Å². The summed E-state index contributed by atoms with van der Waals surface area (Å²) >= 11 is 0. The molecule has 0 spiro atoms. The zero-order chi connectivity index (χ0) is 20.9. The minimum Gasteiger partial charge on any atom is -0.474 e. The Morgan fingerprint density at radius 1 is 1.27 bits per heavy atom. The second kappa shape index (κ2) is 9.38. The minimum atomic E-state index is -0.0377. The molecule has 0 aromatic carbocycles. The molecular formula is C22H29N5O3. The van der Waals surface area contributed by atoms with Crippen molar-refractivity contribution in [1.29, 1.82) is 0 Å². The lowest BCUT2D eigenvalue weighted by molar-refractivity contribution is -0.122. The topological polar surface area (TPSA) is 80.2 Å². The molecule has 8 heteroatoms. The Morgan fingerprint density at radius 3 is 2.77 bits per heavy atom. The highest BCUT2D eigenvalue weighted by molar-refractivity contribution is 5.86. The van der Waals surface area contributed by atoms with Gasteiger partial charge in [-0.2, -0.15) is 4.98 Å². The van der Waals surface area contributed by atoms with Crippen molar-refractivity contribution < 1.29 is 14.3 Å². The number of carbonyl (C=O) groups is 1. The van der Waals surface area contributed by atoms with Crippen LogP contribution in [0.1, 0.15) is 25.7 Å². The number of nitrogens with zero attached hydrogens (tertiary/aromatic N) is 5. The summed E-state index contributed by atoms with van der Waals surface area (Å²) in [5, 5.41) is 0.920. The van der Waals surface area contributed by atoms with Crippen LogP contribution in [0.4, 0.5) is 5.82 Å². The highest BCUT2D eigenvalue weighted by Crippen LogP contribution is 2.32. The Bertz CT molecular complexity index is 903. The van der Waals surface area contributed by atoms with E-state index >= 15 is 0 Å². The first-order chi connectivity index (χ1) is 14.6. The number of rotatable bonds is 5. The molecule has 1 saturated heterocycles. The van der Waals surface area contributed by atoms with E-state index in [9.17, 15) is 4.79 Å². The zero-order valence-corrected chi connectivity index (χ0v) is 17.7. The van der Waals surface area contributed by atoms with Gasteiger partial charge in [0, 0.05) is 45.4 Å². The first kappa shape index (κ1) is 20.5. The summed E-state index contributed by atoms with van der Waals surface area (Å²) in [5.74, 6) is 1.44. The van der Waals surface area contributed by atoms with Crippen LogP contribution < -0.4 is 9.64 Å². The number of ether oxygens (including phenoxy) is 2. The maximum Gasteiger partial charge on any atom is 0.250 e. The monoisotopic (exact) mass is 411 g/mol. The number of anilines is 1. The van der Waals surface area contributed by atoms with Gasteiger partial charge in [0.1, 0.15) is 11.9 Å². The van der Waals surface area contributed by atoms with Gasteiger partial charge in [0.05, 0.1) is 30.5 Å². The lowest BCUT2D eigenvalue weighted by Crippen LogP contribution is -2.36. The molecule has 2 aromatic rings. The Kier molecular flexibility index (Phi) is 6.42. The molecule has 0 N–H and O–H groups in total. The van der Waals surface area contributed by atoms with E-state index in [1.54, 1.807) is 17.4 Å². The molecule has 160 valence electrons. The van der Waals surface area contributed by atoms with Gasteiger partial charge in [0.2, 0.25) is 11.8 Å². The van der Waals surface area contributed by atoms with Crippen LogP contribution in [0.5, 0.6) is 5.88 Å². The number of hydrogen-bond acceptors (Lipinski definition) is 6. The molecule has 2 aromatic heterocycles. The Morgan fingerprint density at radius 2 is 2.03 bits per heavy atom. The van der Waals surface area contributed by atoms with Crippen molar-refractivity contribution >= 4 is 29.0 Å². The number of carbonyl (C=O) groups excluding carboxylic acids is 1. The van der Waals surface area contributed by atoms with Gasteiger partial charge in [-0.05, 0) is 37.8 Å². The van der Waals surface area contributed by atoms with E-state index in [0.29, 0.717) is 19.1 Å². The fourth-order valence-electron chi connectivity index (χ4n) is 3.94. The zero-order valence-electron chi connectivity index (χ0n) is 17.7. The lowest BCUT2D eigenvalue weighted by atomic mass is 9.87. The van der Waals surface area contributed by atoms with Gasteiger partial charge in [-0.25, -0.2) is 4.99 Å². The van der Waals surface area contributed by atoms with Crippen molar-refractivity contribution in [2.45, 2.75) is 31.8 Å². The predicted octanol–water partition coefficient (Wildman–Crippen LogP) is 2.52. The number of fused-ring (bicyclic) bond motifs is 1. The minimum absolute atomic E-state index is 0.0212. The van der Waals surface area contributed by atoms with Crippen LogP contribution in [0, 0.1) is 5.92 Å². The van der Waals surface area contributed by atoms with Crippen molar-refractivity contribution in [2.75, 3.05) is 45.3 Å². The van der Waals surface area contributed by atoms with Crippen LogP contribution in [-0.2, 0) is 9.53 Å². The van der Waals surface area contributed by atoms with Crippen molar-refractivity contribution in [3.63, 3.8) is 0 Å². The third-order valence-electron chi connectivity index (χ3n) is 5.60. The van der Waals surface area contributed by atoms with Gasteiger partial charge in [-0.15, -0.1) is 0 Å². The number of pyridine rings is 2. The molecule has 1 aliphatic carbocycles. The first-order valence-corrected chi connectivity index (χ1v) is 10.6. The molecule has 3 heterocycles. The number of morpholine rings is 1. The Labute approximate surface area is 176 Å². The molecule has 2 aliphatic rings. The highest BCUT2D eigenvalue weighted by atomic mass is 16.5. The molecule has 2 fully saturated rings. The Balaban J connectivity index is 1.46. The summed E-state index contributed by atoms with van der Waals surface area (Å²) in [6, 6.07) is 5.92. The SMILES string of the molecule is CN(C)C=NC(=O)C1CCC(Oc2nc(N3CCOCC3)cc3ncccc23)CC1. The summed E-state index contributed by atoms with van der Waals surface area (Å²) < 4.78 is 11.8. The molecule has 1 amide bonds. The summed E-state index contributed by atoms with van der Waals surface area (Å²) in [4.78, 5) is 29.6. The number of aromatic nitrogens is 2. The smallest absolute Gasteiger partial charge is 0.250 e. The van der Waals surface area contributed by atoms with Crippen molar-refractivity contribution in [2.24, 2.45) is 10.9 Å². The molecular weight excluding hydrogens is 382 g/mol. The van der Waals surface area contributed by atoms with Gasteiger partial charge in [0.15, 0.2) is 0 Å². The molecule has 0 atom stereocenters. The van der Waals surface area contributed by atoms with Crippen LogP contribution >= 0.6 is 0 Å². The fourth-order valence-corrected chi connectivity index (χ4v) is 3.94. The average molecular weight is 412 g/mol. The summed E-state index contributed by atoms with van der Waals surface area (Å²) in [7, 11) is 3.72. The van der Waals surface area contributed by atoms with Crippen LogP contribution in [0.15, 0.2) is 29.4 Å². The van der Waals surface area contributed by atoms with Gasteiger partial charge in [0.25, 0.3) is 0 Å². The molecule has 8 nitrogen and oxygen atoms in total. The number of hydrogen-bond donors (Lipinski definition) is 0. The third kappa shape index (κ3) is 4.87. The standard InChI is InChI=1S/C22H29N5O3/c1-26(2)15-24-21(28)16-5-7-17(8-6-16)30-22-18-4-3-9-23-19(18)14-20(25-22)27-10-12-29-13-11-27/h3-4,9,14-17H,5-8,10-13H2,1-2H3. The van der Waals surface area contributed by atoms with E-state index in [-0.39, 0.29) is 17.9 Å². The number of aliphatic imine (C=N–C) groups is 1. The summed E-state index contributed by atoms with van der Waals surface area (Å²) in [6.07, 6.45) is 6.62. The van der Waals surface area contributed by atoms with Gasteiger partial charge >= 0.3 is 0 Å². The second-order valence-corrected chi connectivity index (χ2v) is 8.09. The van der Waals surface area contributed by atoms with Gasteiger partial charge < -0.3 is 19.3 Å². The fraction of sp³-hybridized carbons (Fsp3) is 0.545. The quantitative estimate of drug-likeness (QED) is 0.552. The average Bonchev–Trinajstić information content (AvgIpc) is 2.78. The third-order valence-corrected chi connectivity index (χ3v) is 5.60. The van der Waals surface area contributed by atoms with Gasteiger partial charge in [-0.3, -0.25) is 9.78 Å². The first-order valence-electron chi connectivity index (χ1n) is 10.6. The van der Waals surface area contributed by atoms with E-state index in [2.05, 4.69) is 14.9 Å². The molecule has 4 rings (SSSR count). The maximum absolute atomic E-state index is 12.3. The highest BCUT2D eigenvalue weighted by Gasteiger charge is 2.28. The van der Waals surface area contributed by atoms with E-state index in [1.807, 2.05) is 32.3 Å². The normalized spacial score (nSPS) is 22.4. The van der Waals surface area contributed by atoms with E-state index in [4.69, 9.17) is 14.5 Å². The summed E-state index contributed by atoms with van der Waals surface area (Å²) in [5.41, 5.74) is 0.880. The largest absolute Gasteiger partial charge is 0.474 e. The molecule has 0 bridgehead atoms. The molecule has 30 heavy (non-hydrogen) atoms.